The van der Waals surface area contributed by atoms with E-state index in [2.05, 4.69) is 4.98 Å². The molecule has 1 heterocycles. The molecule has 19 heavy (non-hydrogen) atoms. The molecule has 1 aromatic heterocycles. The number of nitrogens with zero attached hydrogens (tertiary/aromatic N) is 1. The van der Waals surface area contributed by atoms with Crippen molar-refractivity contribution in [1.29, 1.82) is 0 Å². The van der Waals surface area contributed by atoms with Crippen LogP contribution in [0.3, 0.4) is 0 Å². The molecule has 2 rings (SSSR count). The highest BCUT2D eigenvalue weighted by Gasteiger charge is 2.36. The molecule has 0 amide bonds. The molecule has 0 saturated heterocycles. The van der Waals surface area contributed by atoms with E-state index < -0.39 is 28.6 Å². The van der Waals surface area contributed by atoms with Gasteiger partial charge in [0.2, 0.25) is 0 Å². The zero-order valence-electron chi connectivity index (χ0n) is 10.2. The molecule has 5 heteroatoms. The SMILES string of the molecule is CCC(O)(c1ccc(F)cn1)c1c(F)cccc1F. The lowest BCUT2D eigenvalue weighted by Gasteiger charge is -2.27. The first kappa shape index (κ1) is 13.5. The number of pyridine rings is 1. The average Bonchev–Trinajstić information content (AvgIpc) is 2.39. The quantitative estimate of drug-likeness (QED) is 0.926. The van der Waals surface area contributed by atoms with Gasteiger partial charge < -0.3 is 5.11 Å². The number of hydrogen-bond acceptors (Lipinski definition) is 2. The van der Waals surface area contributed by atoms with E-state index >= 15 is 0 Å². The van der Waals surface area contributed by atoms with E-state index in [1.54, 1.807) is 6.92 Å². The predicted molar refractivity (Wildman–Crippen MR) is 63.8 cm³/mol. The van der Waals surface area contributed by atoms with Crippen LogP contribution >= 0.6 is 0 Å². The zero-order valence-corrected chi connectivity index (χ0v) is 10.2. The van der Waals surface area contributed by atoms with Gasteiger partial charge in [-0.15, -0.1) is 0 Å². The molecule has 1 N–H and O–H groups in total. The van der Waals surface area contributed by atoms with Crippen molar-refractivity contribution in [3.8, 4) is 0 Å². The first-order valence-electron chi connectivity index (χ1n) is 5.78. The number of halogens is 3. The van der Waals surface area contributed by atoms with Crippen molar-refractivity contribution in [2.24, 2.45) is 0 Å². The first-order chi connectivity index (χ1) is 8.99. The fourth-order valence-corrected chi connectivity index (χ4v) is 2.00. The Morgan fingerprint density at radius 2 is 1.74 bits per heavy atom. The van der Waals surface area contributed by atoms with Crippen LogP contribution in [-0.4, -0.2) is 10.1 Å². The Bertz CT molecular complexity index is 565. The molecule has 1 atom stereocenters. The molecule has 0 spiro atoms. The number of aromatic nitrogens is 1. The molecular formula is C14H12F3NO. The summed E-state index contributed by atoms with van der Waals surface area (Å²) in [4.78, 5) is 3.72. The fourth-order valence-electron chi connectivity index (χ4n) is 2.00. The number of rotatable bonds is 3. The van der Waals surface area contributed by atoms with E-state index in [4.69, 9.17) is 0 Å². The molecule has 0 saturated carbocycles. The summed E-state index contributed by atoms with van der Waals surface area (Å²) in [6.07, 6.45) is 0.901. The minimum absolute atomic E-state index is 0.000370. The zero-order chi connectivity index (χ0) is 14.0. The van der Waals surface area contributed by atoms with Crippen LogP contribution in [0.1, 0.15) is 24.6 Å². The standard InChI is InChI=1S/C14H12F3NO/c1-2-14(19,12-7-6-9(15)8-18-12)13-10(16)4-3-5-11(13)17/h3-8,19H,2H2,1H3. The van der Waals surface area contributed by atoms with Gasteiger partial charge in [0.25, 0.3) is 0 Å². The van der Waals surface area contributed by atoms with E-state index in [1.807, 2.05) is 0 Å². The predicted octanol–water partition coefficient (Wildman–Crippen LogP) is 3.14. The Labute approximate surface area is 108 Å². The molecule has 0 fully saturated rings. The van der Waals surface area contributed by atoms with Gasteiger partial charge in [-0.25, -0.2) is 13.2 Å². The van der Waals surface area contributed by atoms with Crippen molar-refractivity contribution in [3.05, 3.63) is 65.2 Å². The van der Waals surface area contributed by atoms with Crippen molar-refractivity contribution in [2.75, 3.05) is 0 Å². The summed E-state index contributed by atoms with van der Waals surface area (Å²) in [7, 11) is 0. The van der Waals surface area contributed by atoms with Gasteiger partial charge in [0, 0.05) is 0 Å². The Balaban J connectivity index is 2.63. The van der Waals surface area contributed by atoms with Crippen LogP contribution in [0.2, 0.25) is 0 Å². The van der Waals surface area contributed by atoms with E-state index in [0.717, 1.165) is 24.4 Å². The molecule has 0 aliphatic rings. The maximum absolute atomic E-state index is 13.8. The molecule has 1 aromatic carbocycles. The Hall–Kier alpha value is -1.88. The second-order valence-corrected chi connectivity index (χ2v) is 4.17. The summed E-state index contributed by atoms with van der Waals surface area (Å²) in [5, 5.41) is 10.6. The van der Waals surface area contributed by atoms with Gasteiger partial charge in [0.05, 0.1) is 17.5 Å². The van der Waals surface area contributed by atoms with E-state index in [1.165, 1.54) is 12.1 Å². The second-order valence-electron chi connectivity index (χ2n) is 4.17. The van der Waals surface area contributed by atoms with Gasteiger partial charge in [-0.3, -0.25) is 4.98 Å². The second kappa shape index (κ2) is 5.01. The highest BCUT2D eigenvalue weighted by atomic mass is 19.1. The number of hydrogen-bond donors (Lipinski definition) is 1. The molecule has 2 aromatic rings. The third-order valence-corrected chi connectivity index (χ3v) is 3.04. The highest BCUT2D eigenvalue weighted by Crippen LogP contribution is 2.34. The average molecular weight is 267 g/mol. The normalized spacial score (nSPS) is 14.2. The number of benzene rings is 1. The van der Waals surface area contributed by atoms with Crippen LogP contribution in [0.25, 0.3) is 0 Å². The Morgan fingerprint density at radius 3 is 2.21 bits per heavy atom. The fraction of sp³-hybridized carbons (Fsp3) is 0.214. The smallest absolute Gasteiger partial charge is 0.141 e. The van der Waals surface area contributed by atoms with Crippen LogP contribution in [-0.2, 0) is 5.60 Å². The lowest BCUT2D eigenvalue weighted by molar-refractivity contribution is 0.0637. The van der Waals surface area contributed by atoms with Crippen molar-refractivity contribution in [2.45, 2.75) is 18.9 Å². The maximum atomic E-state index is 13.8. The van der Waals surface area contributed by atoms with Gasteiger partial charge in [-0.1, -0.05) is 13.0 Å². The third-order valence-electron chi connectivity index (χ3n) is 3.04. The Morgan fingerprint density at radius 1 is 1.11 bits per heavy atom. The summed E-state index contributed by atoms with van der Waals surface area (Å²) < 4.78 is 40.4. The van der Waals surface area contributed by atoms with Crippen LogP contribution in [0.4, 0.5) is 13.2 Å². The summed E-state index contributed by atoms with van der Waals surface area (Å²) in [6.45, 7) is 1.57. The minimum atomic E-state index is -1.93. The maximum Gasteiger partial charge on any atom is 0.141 e. The van der Waals surface area contributed by atoms with E-state index in [-0.39, 0.29) is 12.1 Å². The van der Waals surface area contributed by atoms with Crippen LogP contribution < -0.4 is 0 Å². The Kier molecular flexibility index (Phi) is 3.57. The van der Waals surface area contributed by atoms with Gasteiger partial charge in [-0.05, 0) is 30.7 Å². The van der Waals surface area contributed by atoms with Crippen LogP contribution in [0, 0.1) is 17.5 Å². The van der Waals surface area contributed by atoms with Gasteiger partial charge in [0.15, 0.2) is 0 Å². The van der Waals surface area contributed by atoms with Gasteiger partial charge >= 0.3 is 0 Å². The molecule has 1 unspecified atom stereocenters. The van der Waals surface area contributed by atoms with Crippen molar-refractivity contribution in [3.63, 3.8) is 0 Å². The minimum Gasteiger partial charge on any atom is -0.379 e. The van der Waals surface area contributed by atoms with Crippen molar-refractivity contribution < 1.29 is 18.3 Å². The molecule has 100 valence electrons. The molecular weight excluding hydrogens is 255 g/mol. The van der Waals surface area contributed by atoms with E-state index in [0.29, 0.717) is 0 Å². The summed E-state index contributed by atoms with van der Waals surface area (Å²) >= 11 is 0. The lowest BCUT2D eigenvalue weighted by Crippen LogP contribution is -2.30. The highest BCUT2D eigenvalue weighted by molar-refractivity contribution is 5.34. The van der Waals surface area contributed by atoms with Crippen molar-refractivity contribution in [1.82, 2.24) is 4.98 Å². The lowest BCUT2D eigenvalue weighted by atomic mass is 9.86. The van der Waals surface area contributed by atoms with Crippen LogP contribution in [0.5, 0.6) is 0 Å². The van der Waals surface area contributed by atoms with Crippen molar-refractivity contribution >= 4 is 0 Å². The molecule has 0 aliphatic carbocycles. The molecule has 2 nitrogen and oxygen atoms in total. The monoisotopic (exact) mass is 267 g/mol. The van der Waals surface area contributed by atoms with Crippen LogP contribution in [0.15, 0.2) is 36.5 Å². The van der Waals surface area contributed by atoms with E-state index in [9.17, 15) is 18.3 Å². The molecule has 0 aliphatic heterocycles. The van der Waals surface area contributed by atoms with Gasteiger partial charge in [0.1, 0.15) is 23.1 Å². The largest absolute Gasteiger partial charge is 0.379 e. The third kappa shape index (κ3) is 2.33. The summed E-state index contributed by atoms with van der Waals surface area (Å²) in [6, 6.07) is 5.62. The first-order valence-corrected chi connectivity index (χ1v) is 5.78. The molecule has 0 radical (unpaired) electrons. The summed E-state index contributed by atoms with van der Waals surface area (Å²) in [5.74, 6) is -2.32. The summed E-state index contributed by atoms with van der Waals surface area (Å²) in [5.41, 5.74) is -2.40. The van der Waals surface area contributed by atoms with Gasteiger partial charge in [-0.2, -0.15) is 0 Å². The number of aliphatic hydroxyl groups is 1. The molecule has 0 bridgehead atoms. The topological polar surface area (TPSA) is 33.1 Å².